The zero-order chi connectivity index (χ0) is 13.5. The van der Waals surface area contributed by atoms with Crippen LogP contribution in [0, 0.1) is 0 Å². The number of thiophene rings is 1. The van der Waals surface area contributed by atoms with Crippen molar-refractivity contribution in [3.05, 3.63) is 19.3 Å². The third kappa shape index (κ3) is 4.73. The summed E-state index contributed by atoms with van der Waals surface area (Å²) in [5.74, 6) is 0.0503. The van der Waals surface area contributed by atoms with Crippen molar-refractivity contribution in [1.29, 1.82) is 0 Å². The highest BCUT2D eigenvalue weighted by Gasteiger charge is 2.19. The molecule has 0 aliphatic rings. The Hall–Kier alpha value is 0.240. The zero-order valence-electron chi connectivity index (χ0n) is 10.4. The maximum absolute atomic E-state index is 11.9. The van der Waals surface area contributed by atoms with Crippen molar-refractivity contribution in [2.24, 2.45) is 0 Å². The molecule has 1 heterocycles. The van der Waals surface area contributed by atoms with Gasteiger partial charge in [0.05, 0.1) is 14.9 Å². The van der Waals surface area contributed by atoms with Gasteiger partial charge in [0.15, 0.2) is 5.78 Å². The summed E-state index contributed by atoms with van der Waals surface area (Å²) in [5.41, 5.74) is 0. The molecule has 0 aliphatic carbocycles. The molecule has 0 N–H and O–H groups in total. The fourth-order valence-electron chi connectivity index (χ4n) is 1.72. The van der Waals surface area contributed by atoms with Gasteiger partial charge >= 0.3 is 0 Å². The number of Topliss-reactive ketones (excluding diaryl/α,β-unsaturated/α-hetero) is 1. The fraction of sp³-hybridized carbons (Fsp3) is 0.615. The maximum Gasteiger partial charge on any atom is 0.174 e. The van der Waals surface area contributed by atoms with Crippen LogP contribution in [0.2, 0.25) is 14.4 Å². The second-order valence-corrected chi connectivity index (χ2v) is 6.65. The molecule has 0 saturated carbocycles. The van der Waals surface area contributed by atoms with Crippen molar-refractivity contribution in [2.75, 3.05) is 0 Å². The predicted molar refractivity (Wildman–Crippen MR) is 81.7 cm³/mol. The summed E-state index contributed by atoms with van der Waals surface area (Å²) in [5, 5.41) is 0.609. The summed E-state index contributed by atoms with van der Waals surface area (Å²) in [6, 6.07) is 0. The Bertz CT molecular complexity index is 401. The van der Waals surface area contributed by atoms with Crippen LogP contribution in [0.4, 0.5) is 0 Å². The molecular weight excluding hydrogens is 311 g/mol. The highest BCUT2D eigenvalue weighted by Crippen LogP contribution is 2.40. The van der Waals surface area contributed by atoms with Gasteiger partial charge in [-0.05, 0) is 6.42 Å². The molecule has 0 saturated heterocycles. The lowest BCUT2D eigenvalue weighted by molar-refractivity contribution is 0.0983. The van der Waals surface area contributed by atoms with Gasteiger partial charge in [-0.25, -0.2) is 0 Å². The summed E-state index contributed by atoms with van der Waals surface area (Å²) < 4.78 is 0.396. The minimum atomic E-state index is 0.0503. The number of rotatable bonds is 8. The highest BCUT2D eigenvalue weighted by atomic mass is 35.5. The van der Waals surface area contributed by atoms with Gasteiger partial charge in [0.25, 0.3) is 0 Å². The first kappa shape index (κ1) is 16.3. The number of unbranched alkanes of at least 4 members (excludes halogenated alkanes) is 5. The molecule has 0 aliphatic heterocycles. The smallest absolute Gasteiger partial charge is 0.174 e. The molecule has 1 aromatic rings. The van der Waals surface area contributed by atoms with Crippen LogP contribution in [-0.2, 0) is 0 Å². The molecule has 18 heavy (non-hydrogen) atoms. The van der Waals surface area contributed by atoms with Crippen LogP contribution < -0.4 is 0 Å². The molecule has 1 nitrogen and oxygen atoms in total. The largest absolute Gasteiger partial charge is 0.293 e. The van der Waals surface area contributed by atoms with Crippen molar-refractivity contribution < 1.29 is 4.79 Å². The Kier molecular flexibility index (Phi) is 7.62. The minimum absolute atomic E-state index is 0.0503. The SMILES string of the molecule is CCCCCCCCC(=O)c1sc(Cl)c(Cl)c1Cl. The number of ketones is 1. The van der Waals surface area contributed by atoms with Crippen LogP contribution >= 0.6 is 46.1 Å². The molecule has 5 heteroatoms. The summed E-state index contributed by atoms with van der Waals surface area (Å²) in [4.78, 5) is 12.4. The van der Waals surface area contributed by atoms with E-state index in [0.717, 1.165) is 12.8 Å². The quantitative estimate of drug-likeness (QED) is 0.386. The van der Waals surface area contributed by atoms with Gasteiger partial charge in [0, 0.05) is 6.42 Å². The van der Waals surface area contributed by atoms with Crippen molar-refractivity contribution >= 4 is 51.9 Å². The van der Waals surface area contributed by atoms with Gasteiger partial charge in [-0.15, -0.1) is 11.3 Å². The number of hydrogen-bond donors (Lipinski definition) is 0. The van der Waals surface area contributed by atoms with Gasteiger partial charge in [-0.1, -0.05) is 73.8 Å². The Morgan fingerprint density at radius 1 is 1.00 bits per heavy atom. The lowest BCUT2D eigenvalue weighted by atomic mass is 10.1. The van der Waals surface area contributed by atoms with Crippen LogP contribution in [0.3, 0.4) is 0 Å². The van der Waals surface area contributed by atoms with E-state index in [1.807, 2.05) is 0 Å². The summed E-state index contributed by atoms with van der Waals surface area (Å²) in [6.07, 6.45) is 7.49. The molecule has 0 atom stereocenters. The van der Waals surface area contributed by atoms with Gasteiger partial charge in [0.1, 0.15) is 4.34 Å². The topological polar surface area (TPSA) is 17.1 Å². The zero-order valence-corrected chi connectivity index (χ0v) is 13.5. The van der Waals surface area contributed by atoms with Crippen LogP contribution in [0.15, 0.2) is 0 Å². The minimum Gasteiger partial charge on any atom is -0.293 e. The first-order valence-electron chi connectivity index (χ1n) is 6.24. The Morgan fingerprint density at radius 2 is 1.61 bits per heavy atom. The van der Waals surface area contributed by atoms with E-state index in [2.05, 4.69) is 6.92 Å². The summed E-state index contributed by atoms with van der Waals surface area (Å²) in [7, 11) is 0. The molecule has 0 spiro atoms. The van der Waals surface area contributed by atoms with Crippen LogP contribution in [0.1, 0.15) is 61.5 Å². The molecule has 0 bridgehead atoms. The van der Waals surface area contributed by atoms with E-state index < -0.39 is 0 Å². The third-order valence-electron chi connectivity index (χ3n) is 2.77. The lowest BCUT2D eigenvalue weighted by Gasteiger charge is -2.00. The molecule has 0 radical (unpaired) electrons. The molecule has 0 unspecified atom stereocenters. The van der Waals surface area contributed by atoms with Crippen molar-refractivity contribution in [2.45, 2.75) is 51.9 Å². The molecular formula is C13H17Cl3OS. The highest BCUT2D eigenvalue weighted by molar-refractivity contribution is 7.19. The van der Waals surface area contributed by atoms with Crippen molar-refractivity contribution in [3.8, 4) is 0 Å². The molecule has 0 amide bonds. The summed E-state index contributed by atoms with van der Waals surface area (Å²) >= 11 is 18.8. The van der Waals surface area contributed by atoms with E-state index in [1.54, 1.807) is 0 Å². The molecule has 1 rings (SSSR count). The number of hydrogen-bond acceptors (Lipinski definition) is 2. The van der Waals surface area contributed by atoms with Gasteiger partial charge < -0.3 is 0 Å². The van der Waals surface area contributed by atoms with Gasteiger partial charge in [-0.3, -0.25) is 4.79 Å². The Morgan fingerprint density at radius 3 is 2.17 bits per heavy atom. The number of carbonyl (C=O) groups is 1. The van der Waals surface area contributed by atoms with E-state index >= 15 is 0 Å². The second kappa shape index (κ2) is 8.42. The predicted octanol–water partition coefficient (Wildman–Crippen LogP) is 6.64. The molecule has 1 aromatic heterocycles. The normalized spacial score (nSPS) is 10.9. The van der Waals surface area contributed by atoms with E-state index in [9.17, 15) is 4.79 Å². The van der Waals surface area contributed by atoms with Gasteiger partial charge in [0.2, 0.25) is 0 Å². The lowest BCUT2D eigenvalue weighted by Crippen LogP contribution is -1.96. The van der Waals surface area contributed by atoms with Crippen LogP contribution in [-0.4, -0.2) is 5.78 Å². The standard InChI is InChI=1S/C13H17Cl3OS/c1-2-3-4-5-6-7-8-9(17)12-10(14)11(15)13(16)18-12/h2-8H2,1H3. The first-order valence-corrected chi connectivity index (χ1v) is 8.19. The molecule has 0 aromatic carbocycles. The Labute approximate surface area is 127 Å². The maximum atomic E-state index is 11.9. The van der Waals surface area contributed by atoms with Gasteiger partial charge in [-0.2, -0.15) is 0 Å². The number of carbonyl (C=O) groups excluding carboxylic acids is 1. The van der Waals surface area contributed by atoms with E-state index in [4.69, 9.17) is 34.8 Å². The number of halogens is 3. The van der Waals surface area contributed by atoms with Crippen molar-refractivity contribution in [1.82, 2.24) is 0 Å². The van der Waals surface area contributed by atoms with E-state index in [-0.39, 0.29) is 5.78 Å². The van der Waals surface area contributed by atoms with E-state index in [0.29, 0.717) is 25.7 Å². The average Bonchev–Trinajstić information content (AvgIpc) is 2.61. The van der Waals surface area contributed by atoms with Crippen LogP contribution in [0.5, 0.6) is 0 Å². The van der Waals surface area contributed by atoms with E-state index in [1.165, 1.54) is 37.0 Å². The molecule has 102 valence electrons. The average molecular weight is 328 g/mol. The fourth-order valence-corrected chi connectivity index (χ4v) is 3.51. The van der Waals surface area contributed by atoms with Crippen LogP contribution in [0.25, 0.3) is 0 Å². The second-order valence-electron chi connectivity index (χ2n) is 4.27. The van der Waals surface area contributed by atoms with Crippen molar-refractivity contribution in [3.63, 3.8) is 0 Å². The monoisotopic (exact) mass is 326 g/mol. The third-order valence-corrected chi connectivity index (χ3v) is 5.38. The summed E-state index contributed by atoms with van der Waals surface area (Å²) in [6.45, 7) is 2.19. The Balaban J connectivity index is 2.34. The molecule has 0 fully saturated rings. The first-order chi connectivity index (χ1) is 8.57.